The molecule has 0 fully saturated rings. The summed E-state index contributed by atoms with van der Waals surface area (Å²) in [6.07, 6.45) is 0. The zero-order valence-corrected chi connectivity index (χ0v) is 18.0. The number of hydrogen-bond acceptors (Lipinski definition) is 8. The minimum Gasteiger partial charge on any atom is -0.493 e. The third kappa shape index (κ3) is 3.93. The normalized spacial score (nSPS) is 12.8. The molecule has 1 amide bonds. The van der Waals surface area contributed by atoms with Gasteiger partial charge in [-0.2, -0.15) is 4.99 Å². The van der Waals surface area contributed by atoms with Crippen molar-refractivity contribution in [3.05, 3.63) is 40.7 Å². The highest BCUT2D eigenvalue weighted by molar-refractivity contribution is 7.16. The van der Waals surface area contributed by atoms with E-state index in [1.165, 1.54) is 25.6 Å². The number of methoxy groups -OCH3 is 2. The van der Waals surface area contributed by atoms with Gasteiger partial charge in [0.05, 0.1) is 36.6 Å². The van der Waals surface area contributed by atoms with Crippen LogP contribution in [0.5, 0.6) is 23.0 Å². The van der Waals surface area contributed by atoms with Crippen LogP contribution in [0, 0.1) is 0 Å². The van der Waals surface area contributed by atoms with Crippen LogP contribution in [-0.4, -0.2) is 44.1 Å². The van der Waals surface area contributed by atoms with E-state index in [1.54, 1.807) is 41.8 Å². The van der Waals surface area contributed by atoms with E-state index in [2.05, 4.69) is 4.99 Å². The Labute approximate surface area is 181 Å². The molecule has 2 aromatic carbocycles. The van der Waals surface area contributed by atoms with Crippen LogP contribution in [0.15, 0.2) is 35.3 Å². The van der Waals surface area contributed by atoms with Gasteiger partial charge < -0.3 is 28.3 Å². The van der Waals surface area contributed by atoms with E-state index in [0.717, 1.165) is 4.70 Å². The molecule has 0 saturated carbocycles. The number of hydrogen-bond donors (Lipinski definition) is 0. The van der Waals surface area contributed by atoms with Gasteiger partial charge in [0.25, 0.3) is 5.91 Å². The molecule has 1 aliphatic heterocycles. The number of rotatable bonds is 6. The van der Waals surface area contributed by atoms with Gasteiger partial charge >= 0.3 is 5.97 Å². The van der Waals surface area contributed by atoms with Crippen LogP contribution < -0.4 is 23.7 Å². The van der Waals surface area contributed by atoms with Gasteiger partial charge in [0.1, 0.15) is 6.54 Å². The topological polar surface area (TPSA) is 97.6 Å². The summed E-state index contributed by atoms with van der Waals surface area (Å²) in [5.41, 5.74) is 0.933. The smallest absolute Gasteiger partial charge is 0.326 e. The van der Waals surface area contributed by atoms with Gasteiger partial charge in [-0.25, -0.2) is 0 Å². The molecule has 1 aliphatic rings. The van der Waals surface area contributed by atoms with Gasteiger partial charge in [-0.3, -0.25) is 9.59 Å². The molecular weight excluding hydrogens is 424 g/mol. The van der Waals surface area contributed by atoms with E-state index in [4.69, 9.17) is 23.7 Å². The SMILES string of the molecule is CCOC(=O)Cn1c(=NC(=O)c2cccc(OC)c2OC)sc2cc3c(cc21)OCO3. The fraction of sp³-hybridized carbons (Fsp3) is 0.286. The average molecular weight is 444 g/mol. The number of nitrogens with zero attached hydrogens (tertiary/aromatic N) is 2. The Morgan fingerprint density at radius 1 is 1.16 bits per heavy atom. The first-order valence-electron chi connectivity index (χ1n) is 9.44. The monoisotopic (exact) mass is 444 g/mol. The highest BCUT2D eigenvalue weighted by Gasteiger charge is 2.21. The minimum absolute atomic E-state index is 0.102. The number of para-hydroxylation sites is 1. The zero-order chi connectivity index (χ0) is 22.0. The third-order valence-electron chi connectivity index (χ3n) is 4.60. The Balaban J connectivity index is 1.85. The van der Waals surface area contributed by atoms with Gasteiger partial charge in [-0.15, -0.1) is 0 Å². The fourth-order valence-corrected chi connectivity index (χ4v) is 4.27. The third-order valence-corrected chi connectivity index (χ3v) is 5.64. The number of thiazole rings is 1. The lowest BCUT2D eigenvalue weighted by Crippen LogP contribution is -2.23. The van der Waals surface area contributed by atoms with Gasteiger partial charge in [0, 0.05) is 12.1 Å². The summed E-state index contributed by atoms with van der Waals surface area (Å²) >= 11 is 1.26. The van der Waals surface area contributed by atoms with E-state index in [9.17, 15) is 9.59 Å². The summed E-state index contributed by atoms with van der Waals surface area (Å²) in [5.74, 6) is 0.912. The first-order chi connectivity index (χ1) is 15.0. The van der Waals surface area contributed by atoms with E-state index in [-0.39, 0.29) is 31.3 Å². The molecule has 0 N–H and O–H groups in total. The highest BCUT2D eigenvalue weighted by Crippen LogP contribution is 2.37. The molecule has 0 spiro atoms. The maximum atomic E-state index is 13.0. The van der Waals surface area contributed by atoms with Crippen molar-refractivity contribution in [1.29, 1.82) is 0 Å². The Morgan fingerprint density at radius 2 is 1.94 bits per heavy atom. The molecular formula is C21H20N2O7S. The van der Waals surface area contributed by atoms with Crippen molar-refractivity contribution in [2.24, 2.45) is 4.99 Å². The van der Waals surface area contributed by atoms with Crippen LogP contribution in [-0.2, 0) is 16.1 Å². The van der Waals surface area contributed by atoms with Crippen LogP contribution in [0.2, 0.25) is 0 Å². The van der Waals surface area contributed by atoms with E-state index in [0.29, 0.717) is 27.6 Å². The lowest BCUT2D eigenvalue weighted by Gasteiger charge is -2.10. The maximum absolute atomic E-state index is 13.0. The minimum atomic E-state index is -0.528. The van der Waals surface area contributed by atoms with E-state index in [1.807, 2.05) is 0 Å². The Morgan fingerprint density at radius 3 is 2.65 bits per heavy atom. The Kier molecular flexibility index (Phi) is 5.81. The summed E-state index contributed by atoms with van der Waals surface area (Å²) in [5, 5.41) is 0. The Bertz CT molecular complexity index is 1230. The van der Waals surface area contributed by atoms with Gasteiger partial charge in [0.2, 0.25) is 6.79 Å². The van der Waals surface area contributed by atoms with Crippen molar-refractivity contribution in [3.8, 4) is 23.0 Å². The fourth-order valence-electron chi connectivity index (χ4n) is 3.24. The lowest BCUT2D eigenvalue weighted by atomic mass is 10.2. The lowest BCUT2D eigenvalue weighted by molar-refractivity contribution is -0.143. The molecule has 0 unspecified atom stereocenters. The Hall–Kier alpha value is -3.53. The van der Waals surface area contributed by atoms with E-state index >= 15 is 0 Å². The standard InChI is InChI=1S/C21H20N2O7S/c1-4-28-18(24)10-23-13-8-15-16(30-11-29-15)9-17(13)31-21(23)22-20(25)12-6-5-7-14(26-2)19(12)27-3/h5-9H,4,10-11H2,1-3H3. The van der Waals surface area contributed by atoms with Crippen molar-refractivity contribution < 1.29 is 33.3 Å². The first-order valence-corrected chi connectivity index (χ1v) is 10.3. The number of carbonyl (C=O) groups excluding carboxylic acids is 2. The first kappa shape index (κ1) is 20.7. The van der Waals surface area contributed by atoms with Crippen molar-refractivity contribution >= 4 is 33.4 Å². The number of ether oxygens (including phenoxy) is 5. The largest absolute Gasteiger partial charge is 0.493 e. The van der Waals surface area contributed by atoms with Crippen molar-refractivity contribution in [2.45, 2.75) is 13.5 Å². The molecule has 4 rings (SSSR count). The summed E-state index contributed by atoms with van der Waals surface area (Å²) in [6.45, 7) is 2.02. The van der Waals surface area contributed by atoms with Crippen molar-refractivity contribution in [3.63, 3.8) is 0 Å². The molecule has 0 radical (unpaired) electrons. The van der Waals surface area contributed by atoms with Crippen LogP contribution in [0.25, 0.3) is 10.2 Å². The number of fused-ring (bicyclic) bond motifs is 2. The van der Waals surface area contributed by atoms with Crippen LogP contribution in [0.4, 0.5) is 0 Å². The second kappa shape index (κ2) is 8.68. The molecule has 31 heavy (non-hydrogen) atoms. The summed E-state index contributed by atoms with van der Waals surface area (Å²) in [7, 11) is 2.95. The molecule has 9 nitrogen and oxygen atoms in total. The average Bonchev–Trinajstić information content (AvgIpc) is 3.35. The molecule has 0 saturated heterocycles. The number of carbonyl (C=O) groups is 2. The number of amides is 1. The molecule has 2 heterocycles. The maximum Gasteiger partial charge on any atom is 0.326 e. The van der Waals surface area contributed by atoms with Gasteiger partial charge in [-0.05, 0) is 19.1 Å². The quantitative estimate of drug-likeness (QED) is 0.539. The number of esters is 1. The van der Waals surface area contributed by atoms with Crippen LogP contribution >= 0.6 is 11.3 Å². The molecule has 162 valence electrons. The molecule has 10 heteroatoms. The highest BCUT2D eigenvalue weighted by atomic mass is 32.1. The van der Waals surface area contributed by atoms with Crippen LogP contribution in [0.1, 0.15) is 17.3 Å². The summed E-state index contributed by atoms with van der Waals surface area (Å²) < 4.78 is 29.0. The van der Waals surface area contributed by atoms with Gasteiger partial charge in [-0.1, -0.05) is 17.4 Å². The molecule has 3 aromatic rings. The summed E-state index contributed by atoms with van der Waals surface area (Å²) in [4.78, 5) is 29.9. The summed E-state index contributed by atoms with van der Waals surface area (Å²) in [6, 6.07) is 8.55. The number of aromatic nitrogens is 1. The number of benzene rings is 2. The van der Waals surface area contributed by atoms with E-state index < -0.39 is 11.9 Å². The van der Waals surface area contributed by atoms with Crippen molar-refractivity contribution in [1.82, 2.24) is 4.57 Å². The second-order valence-corrected chi connectivity index (χ2v) is 7.42. The van der Waals surface area contributed by atoms with Crippen LogP contribution in [0.3, 0.4) is 0 Å². The molecule has 0 bridgehead atoms. The predicted molar refractivity (Wildman–Crippen MR) is 112 cm³/mol. The molecule has 0 atom stereocenters. The zero-order valence-electron chi connectivity index (χ0n) is 17.2. The predicted octanol–water partition coefficient (Wildman–Crippen LogP) is 2.75. The molecule has 0 aliphatic carbocycles. The molecule has 1 aromatic heterocycles. The second-order valence-electron chi connectivity index (χ2n) is 6.41. The van der Waals surface area contributed by atoms with Gasteiger partial charge in [0.15, 0.2) is 27.8 Å². The van der Waals surface area contributed by atoms with Crippen molar-refractivity contribution in [2.75, 3.05) is 27.6 Å².